The lowest BCUT2D eigenvalue weighted by Gasteiger charge is -2.16. The molecule has 5 rings (SSSR count). The van der Waals surface area contributed by atoms with Crippen molar-refractivity contribution in [2.45, 2.75) is 19.6 Å². The largest absolute Gasteiger partial charge is 0.438 e. The molecule has 0 aliphatic carbocycles. The molecule has 2 aromatic carbocycles. The van der Waals surface area contributed by atoms with Gasteiger partial charge in [-0.1, -0.05) is 23.7 Å². The molecule has 4 aromatic rings. The van der Waals surface area contributed by atoms with E-state index in [0.717, 1.165) is 22.4 Å². The summed E-state index contributed by atoms with van der Waals surface area (Å²) in [6.07, 6.45) is 2.09. The van der Waals surface area contributed by atoms with Crippen LogP contribution in [0.25, 0.3) is 11.0 Å². The van der Waals surface area contributed by atoms with Gasteiger partial charge in [0.15, 0.2) is 0 Å². The second-order valence-corrected chi connectivity index (χ2v) is 7.04. The summed E-state index contributed by atoms with van der Waals surface area (Å²) in [4.78, 5) is 9.06. The topological polar surface area (TPSA) is 49.2 Å². The van der Waals surface area contributed by atoms with Gasteiger partial charge in [-0.25, -0.2) is 9.97 Å². The van der Waals surface area contributed by atoms with E-state index in [9.17, 15) is 8.78 Å². The van der Waals surface area contributed by atoms with Crippen molar-refractivity contribution in [2.24, 2.45) is 0 Å². The third-order valence-electron chi connectivity index (χ3n) is 4.82. The molecule has 146 valence electrons. The van der Waals surface area contributed by atoms with Crippen molar-refractivity contribution < 1.29 is 18.3 Å². The van der Waals surface area contributed by atoms with Crippen LogP contribution in [0.2, 0.25) is 5.02 Å². The van der Waals surface area contributed by atoms with Gasteiger partial charge >= 0.3 is 6.61 Å². The van der Waals surface area contributed by atoms with Gasteiger partial charge < -0.3 is 14.0 Å². The third kappa shape index (κ3) is 3.27. The van der Waals surface area contributed by atoms with E-state index in [-0.39, 0.29) is 12.3 Å². The number of aromatic nitrogens is 3. The maximum atomic E-state index is 13.0. The Bertz CT molecular complexity index is 1230. The first kappa shape index (κ1) is 17.9. The summed E-state index contributed by atoms with van der Waals surface area (Å²) in [7, 11) is 0. The average Bonchev–Trinajstić information content (AvgIpc) is 3.03. The fourth-order valence-corrected chi connectivity index (χ4v) is 3.71. The molecule has 0 fully saturated rings. The van der Waals surface area contributed by atoms with Crippen molar-refractivity contribution >= 4 is 22.6 Å². The Labute approximate surface area is 169 Å². The summed E-state index contributed by atoms with van der Waals surface area (Å²) in [5, 5.41) is 0.565. The lowest BCUT2D eigenvalue weighted by atomic mass is 10.1. The minimum absolute atomic E-state index is 0.0479. The number of halogens is 3. The summed E-state index contributed by atoms with van der Waals surface area (Å²) in [6.45, 7) is -2.72. The van der Waals surface area contributed by atoms with Gasteiger partial charge in [0.1, 0.15) is 17.3 Å². The first-order valence-corrected chi connectivity index (χ1v) is 9.29. The zero-order chi connectivity index (χ0) is 20.0. The molecular weight excluding hydrogens is 400 g/mol. The third-order valence-corrected chi connectivity index (χ3v) is 5.05. The second kappa shape index (κ2) is 7.00. The minimum atomic E-state index is -2.95. The van der Waals surface area contributed by atoms with Crippen LogP contribution >= 0.6 is 11.6 Å². The van der Waals surface area contributed by atoms with Gasteiger partial charge in [-0.2, -0.15) is 8.78 Å². The van der Waals surface area contributed by atoms with Crippen LogP contribution in [0.3, 0.4) is 0 Å². The number of ether oxygens (including phenoxy) is 2. The number of imidazole rings is 1. The van der Waals surface area contributed by atoms with Crippen LogP contribution in [0.5, 0.6) is 17.4 Å². The van der Waals surface area contributed by atoms with E-state index in [1.165, 1.54) is 6.07 Å². The van der Waals surface area contributed by atoms with Crippen LogP contribution in [0.1, 0.15) is 17.0 Å². The zero-order valence-corrected chi connectivity index (χ0v) is 15.7. The predicted molar refractivity (Wildman–Crippen MR) is 104 cm³/mol. The molecule has 1 aliphatic rings. The molecule has 0 radical (unpaired) electrons. The van der Waals surface area contributed by atoms with Crippen LogP contribution in [-0.2, 0) is 13.0 Å². The van der Waals surface area contributed by atoms with Crippen LogP contribution in [0.15, 0.2) is 54.7 Å². The lowest BCUT2D eigenvalue weighted by molar-refractivity contribution is -0.0505. The standard InChI is InChI=1S/C21H14ClF2N3O2/c22-13-6-7-15-16(10-13)27-11-14-17(4-1-5-18(14)29-21(23)24)28-20-12(3-2-8-25-20)9-19(27)26-15/h1-8,10,21H,9,11H2. The van der Waals surface area contributed by atoms with Crippen molar-refractivity contribution in [2.75, 3.05) is 0 Å². The smallest absolute Gasteiger partial charge is 0.387 e. The molecule has 0 saturated heterocycles. The fraction of sp³-hybridized carbons (Fsp3) is 0.143. The Morgan fingerprint density at radius 3 is 2.90 bits per heavy atom. The molecule has 8 heteroatoms. The van der Waals surface area contributed by atoms with Crippen LogP contribution in [-0.4, -0.2) is 21.1 Å². The molecule has 5 nitrogen and oxygen atoms in total. The van der Waals surface area contributed by atoms with Gasteiger partial charge in [0, 0.05) is 23.2 Å². The first-order chi connectivity index (χ1) is 14.1. The second-order valence-electron chi connectivity index (χ2n) is 6.61. The summed E-state index contributed by atoms with van der Waals surface area (Å²) >= 11 is 6.21. The first-order valence-electron chi connectivity index (χ1n) is 8.91. The van der Waals surface area contributed by atoms with Crippen molar-refractivity contribution in [1.82, 2.24) is 14.5 Å². The minimum Gasteiger partial charge on any atom is -0.438 e. The summed E-state index contributed by atoms with van der Waals surface area (Å²) in [5.74, 6) is 1.60. The molecule has 0 bridgehead atoms. The maximum absolute atomic E-state index is 13.0. The Morgan fingerprint density at radius 2 is 2.03 bits per heavy atom. The highest BCUT2D eigenvalue weighted by Gasteiger charge is 2.23. The van der Waals surface area contributed by atoms with Gasteiger partial charge in [-0.15, -0.1) is 0 Å². The quantitative estimate of drug-likeness (QED) is 0.387. The number of benzene rings is 2. The van der Waals surface area contributed by atoms with Crippen LogP contribution < -0.4 is 9.47 Å². The Kier molecular flexibility index (Phi) is 4.32. The number of hydrogen-bond donors (Lipinski definition) is 0. The number of alkyl halides is 2. The van der Waals surface area contributed by atoms with Crippen molar-refractivity contribution in [3.63, 3.8) is 0 Å². The summed E-state index contributed by atoms with van der Waals surface area (Å²) < 4.78 is 38.8. The van der Waals surface area contributed by atoms with E-state index < -0.39 is 6.61 Å². The molecular formula is C21H14ClF2N3O2. The zero-order valence-electron chi connectivity index (χ0n) is 15.0. The van der Waals surface area contributed by atoms with Crippen molar-refractivity contribution in [3.05, 3.63) is 76.7 Å². The normalized spacial score (nSPS) is 13.0. The number of rotatable bonds is 2. The van der Waals surface area contributed by atoms with Gasteiger partial charge in [-0.3, -0.25) is 0 Å². The SMILES string of the molecule is FC(F)Oc1cccc2c1Cn1c(nc3ccc(Cl)cc31)Cc1cccnc1O2. The molecule has 29 heavy (non-hydrogen) atoms. The van der Waals surface area contributed by atoms with Gasteiger partial charge in [0.05, 0.1) is 23.1 Å². The highest BCUT2D eigenvalue weighted by atomic mass is 35.5. The van der Waals surface area contributed by atoms with E-state index in [1.54, 1.807) is 24.4 Å². The van der Waals surface area contributed by atoms with Crippen LogP contribution in [0.4, 0.5) is 8.78 Å². The van der Waals surface area contributed by atoms with E-state index >= 15 is 0 Å². The molecule has 1 aliphatic heterocycles. The highest BCUT2D eigenvalue weighted by Crippen LogP contribution is 2.37. The van der Waals surface area contributed by atoms with Gasteiger partial charge in [0.25, 0.3) is 0 Å². The van der Waals surface area contributed by atoms with Gasteiger partial charge in [-0.05, 0) is 36.4 Å². The lowest BCUT2D eigenvalue weighted by Crippen LogP contribution is -2.09. The number of hydrogen-bond acceptors (Lipinski definition) is 4. The monoisotopic (exact) mass is 413 g/mol. The number of fused-ring (bicyclic) bond motifs is 5. The number of nitrogens with zero attached hydrogens (tertiary/aromatic N) is 3. The fourth-order valence-electron chi connectivity index (χ4n) is 3.54. The molecule has 0 N–H and O–H groups in total. The molecule has 3 heterocycles. The maximum Gasteiger partial charge on any atom is 0.387 e. The molecule has 0 amide bonds. The summed E-state index contributed by atoms with van der Waals surface area (Å²) in [6, 6.07) is 14.0. The molecule has 0 unspecified atom stereocenters. The summed E-state index contributed by atoms with van der Waals surface area (Å²) in [5.41, 5.74) is 2.89. The molecule has 0 atom stereocenters. The van der Waals surface area contributed by atoms with Gasteiger partial charge in [0.2, 0.25) is 5.88 Å². The molecule has 2 aromatic heterocycles. The van der Waals surface area contributed by atoms with E-state index in [0.29, 0.717) is 28.6 Å². The Balaban J connectivity index is 1.78. The van der Waals surface area contributed by atoms with E-state index in [4.69, 9.17) is 26.1 Å². The highest BCUT2D eigenvalue weighted by molar-refractivity contribution is 6.31. The van der Waals surface area contributed by atoms with E-state index in [1.807, 2.05) is 28.8 Å². The van der Waals surface area contributed by atoms with Crippen molar-refractivity contribution in [3.8, 4) is 17.4 Å². The number of pyridine rings is 1. The molecule has 0 spiro atoms. The predicted octanol–water partition coefficient (Wildman–Crippen LogP) is 5.43. The Morgan fingerprint density at radius 1 is 1.14 bits per heavy atom. The Hall–Kier alpha value is -3.19. The average molecular weight is 414 g/mol. The molecule has 0 saturated carbocycles. The van der Waals surface area contributed by atoms with E-state index in [2.05, 4.69) is 4.98 Å². The van der Waals surface area contributed by atoms with Crippen LogP contribution in [0, 0.1) is 0 Å². The van der Waals surface area contributed by atoms with Crippen molar-refractivity contribution in [1.29, 1.82) is 0 Å².